The fraction of sp³-hybridized carbons (Fsp3) is 0.318. The van der Waals surface area contributed by atoms with Gasteiger partial charge in [-0.1, -0.05) is 29.3 Å². The summed E-state index contributed by atoms with van der Waals surface area (Å²) in [5.41, 5.74) is 5.03. The molecule has 0 atom stereocenters. The van der Waals surface area contributed by atoms with E-state index in [2.05, 4.69) is 31.0 Å². The number of fused-ring (bicyclic) bond motifs is 1. The monoisotopic (exact) mass is 403 g/mol. The van der Waals surface area contributed by atoms with Crippen LogP contribution in [0.25, 0.3) is 10.9 Å². The van der Waals surface area contributed by atoms with E-state index < -0.39 is 11.6 Å². The van der Waals surface area contributed by atoms with Gasteiger partial charge in [-0.15, -0.1) is 0 Å². The van der Waals surface area contributed by atoms with E-state index in [1.807, 2.05) is 27.0 Å². The van der Waals surface area contributed by atoms with Gasteiger partial charge in [0.2, 0.25) is 0 Å². The minimum Gasteiger partial charge on any atom is -0.456 e. The second-order valence-electron chi connectivity index (χ2n) is 7.88. The van der Waals surface area contributed by atoms with Gasteiger partial charge in [0.05, 0.1) is 10.6 Å². The van der Waals surface area contributed by atoms with E-state index >= 15 is 0 Å². The molecule has 0 radical (unpaired) electrons. The molecule has 0 aliphatic rings. The first-order valence-corrected chi connectivity index (χ1v) is 9.60. The molecule has 0 unspecified atom stereocenters. The van der Waals surface area contributed by atoms with Crippen LogP contribution in [0.4, 0.5) is 0 Å². The lowest BCUT2D eigenvalue weighted by Gasteiger charge is -2.20. The molecule has 3 aromatic rings. The molecule has 27 heavy (non-hydrogen) atoms. The second-order valence-corrected chi connectivity index (χ2v) is 8.67. The maximum Gasteiger partial charge on any atom is 0.340 e. The molecule has 0 saturated heterocycles. The molecule has 0 aliphatic carbocycles. The third kappa shape index (κ3) is 4.15. The van der Waals surface area contributed by atoms with Crippen molar-refractivity contribution < 1.29 is 9.53 Å². The highest BCUT2D eigenvalue weighted by Crippen LogP contribution is 2.34. The number of H-pyrrole nitrogens is 1. The van der Waals surface area contributed by atoms with Gasteiger partial charge in [0.15, 0.2) is 0 Å². The zero-order chi connectivity index (χ0) is 19.9. The number of carbonyl (C=O) groups is 1. The minimum atomic E-state index is -0.591. The molecule has 0 bridgehead atoms. The smallest absolute Gasteiger partial charge is 0.340 e. The molecule has 2 aromatic carbocycles. The van der Waals surface area contributed by atoms with Crippen molar-refractivity contribution in [3.63, 3.8) is 0 Å². The van der Waals surface area contributed by atoms with Crippen LogP contribution in [0, 0.1) is 13.8 Å². The molecule has 0 saturated carbocycles. The molecule has 142 valence electrons. The predicted molar refractivity (Wildman–Crippen MR) is 112 cm³/mol. The number of carbonyl (C=O) groups excluding carboxylic acids is 1. The van der Waals surface area contributed by atoms with Crippen molar-refractivity contribution in [2.45, 2.75) is 46.6 Å². The van der Waals surface area contributed by atoms with Gasteiger partial charge in [-0.3, -0.25) is 0 Å². The molecular formula is C22H23Cl2NO2. The number of aryl methyl sites for hydroxylation is 2. The third-order valence-electron chi connectivity index (χ3n) is 4.37. The highest BCUT2D eigenvalue weighted by molar-refractivity contribution is 6.38. The molecule has 0 fully saturated rings. The molecule has 3 nitrogen and oxygen atoms in total. The van der Waals surface area contributed by atoms with Crippen LogP contribution >= 0.6 is 23.2 Å². The lowest BCUT2D eigenvalue weighted by atomic mass is 9.98. The van der Waals surface area contributed by atoms with E-state index in [9.17, 15) is 4.79 Å². The first-order chi connectivity index (χ1) is 12.6. The highest BCUT2D eigenvalue weighted by atomic mass is 35.5. The summed E-state index contributed by atoms with van der Waals surface area (Å²) < 4.78 is 5.46. The van der Waals surface area contributed by atoms with Crippen LogP contribution in [0.2, 0.25) is 10.0 Å². The number of hydrogen-bond acceptors (Lipinski definition) is 2. The van der Waals surface area contributed by atoms with E-state index in [-0.39, 0.29) is 0 Å². The third-order valence-corrected chi connectivity index (χ3v) is 5.16. The van der Waals surface area contributed by atoms with Gasteiger partial charge in [0.25, 0.3) is 0 Å². The van der Waals surface area contributed by atoms with E-state index in [1.54, 1.807) is 12.1 Å². The molecule has 1 N–H and O–H groups in total. The Morgan fingerprint density at radius 2 is 1.85 bits per heavy atom. The van der Waals surface area contributed by atoms with E-state index in [0.29, 0.717) is 22.0 Å². The largest absolute Gasteiger partial charge is 0.456 e. The molecule has 0 spiro atoms. The van der Waals surface area contributed by atoms with Gasteiger partial charge < -0.3 is 9.72 Å². The molecular weight excluding hydrogens is 381 g/mol. The number of hydrogen-bond donors (Lipinski definition) is 1. The Balaban J connectivity index is 2.03. The number of benzene rings is 2. The summed E-state index contributed by atoms with van der Waals surface area (Å²) >= 11 is 13.0. The van der Waals surface area contributed by atoms with Gasteiger partial charge in [-0.2, -0.15) is 0 Å². The number of ether oxygens (including phenoxy) is 1. The average Bonchev–Trinajstić information content (AvgIpc) is 2.92. The van der Waals surface area contributed by atoms with Crippen LogP contribution in [0.1, 0.15) is 53.4 Å². The van der Waals surface area contributed by atoms with Gasteiger partial charge in [0, 0.05) is 28.5 Å². The minimum absolute atomic E-state index is 0.332. The number of nitrogens with one attached hydrogen (secondary N) is 1. The van der Waals surface area contributed by atoms with Crippen molar-refractivity contribution in [3.8, 4) is 0 Å². The molecule has 1 heterocycles. The predicted octanol–water partition coefficient (Wildman–Crippen LogP) is 6.64. The number of rotatable bonds is 3. The second kappa shape index (κ2) is 7.21. The maximum atomic E-state index is 12.5. The topological polar surface area (TPSA) is 42.1 Å². The Hall–Kier alpha value is -1.97. The van der Waals surface area contributed by atoms with Crippen LogP contribution in [-0.2, 0) is 11.2 Å². The summed E-state index contributed by atoms with van der Waals surface area (Å²) in [6.07, 6.45) is 2.50. The summed E-state index contributed by atoms with van der Waals surface area (Å²) in [5, 5.41) is 2.04. The van der Waals surface area contributed by atoms with Gasteiger partial charge in [-0.25, -0.2) is 4.79 Å². The van der Waals surface area contributed by atoms with Gasteiger partial charge >= 0.3 is 5.97 Å². The summed E-state index contributed by atoms with van der Waals surface area (Å²) in [6, 6.07) is 7.59. The van der Waals surface area contributed by atoms with Gasteiger partial charge in [0.1, 0.15) is 5.60 Å². The van der Waals surface area contributed by atoms with Crippen LogP contribution in [0.5, 0.6) is 0 Å². The van der Waals surface area contributed by atoms with Crippen LogP contribution in [-0.4, -0.2) is 16.6 Å². The lowest BCUT2D eigenvalue weighted by molar-refractivity contribution is 0.00696. The Bertz CT molecular complexity index is 1030. The van der Waals surface area contributed by atoms with E-state index in [0.717, 1.165) is 22.0 Å². The van der Waals surface area contributed by atoms with E-state index in [4.69, 9.17) is 27.9 Å². The molecule has 5 heteroatoms. The number of halogens is 2. The fourth-order valence-electron chi connectivity index (χ4n) is 3.32. The van der Waals surface area contributed by atoms with Crippen molar-refractivity contribution in [3.05, 3.63) is 68.3 Å². The Morgan fingerprint density at radius 1 is 1.15 bits per heavy atom. The SMILES string of the molecule is Cc1cc(C)c2c(Cc3c(Cl)ccc(C(=O)OC(C)(C)C)c3Cl)c[nH]c2c1. The van der Waals surface area contributed by atoms with Crippen LogP contribution < -0.4 is 0 Å². The summed E-state index contributed by atoms with van der Waals surface area (Å²) in [6.45, 7) is 9.64. The first kappa shape index (κ1) is 19.8. The molecule has 1 aromatic heterocycles. The Labute approximate surface area is 169 Å². The van der Waals surface area contributed by atoms with E-state index in [1.165, 1.54) is 11.1 Å². The summed E-state index contributed by atoms with van der Waals surface area (Å²) in [7, 11) is 0. The van der Waals surface area contributed by atoms with Crippen molar-refractivity contribution in [1.82, 2.24) is 4.98 Å². The Kier molecular flexibility index (Phi) is 5.29. The number of aromatic nitrogens is 1. The highest BCUT2D eigenvalue weighted by Gasteiger charge is 2.23. The summed E-state index contributed by atoms with van der Waals surface area (Å²) in [4.78, 5) is 15.8. The van der Waals surface area contributed by atoms with Crippen molar-refractivity contribution in [2.24, 2.45) is 0 Å². The fourth-order valence-corrected chi connectivity index (χ4v) is 3.91. The molecule has 3 rings (SSSR count). The zero-order valence-electron chi connectivity index (χ0n) is 16.2. The Morgan fingerprint density at radius 3 is 2.52 bits per heavy atom. The van der Waals surface area contributed by atoms with Crippen LogP contribution in [0.15, 0.2) is 30.5 Å². The van der Waals surface area contributed by atoms with Crippen LogP contribution in [0.3, 0.4) is 0 Å². The first-order valence-electron chi connectivity index (χ1n) is 8.84. The van der Waals surface area contributed by atoms with Gasteiger partial charge in [-0.05, 0) is 75.1 Å². The van der Waals surface area contributed by atoms with Crippen molar-refractivity contribution in [1.29, 1.82) is 0 Å². The molecule has 0 aliphatic heterocycles. The standard InChI is InChI=1S/C22H23Cl2NO2/c1-12-8-13(2)19-14(11-25-18(19)9-12)10-16-17(23)7-6-15(20(16)24)21(26)27-22(3,4)5/h6-9,11,25H,10H2,1-5H3. The maximum absolute atomic E-state index is 12.5. The average molecular weight is 404 g/mol. The zero-order valence-corrected chi connectivity index (χ0v) is 17.7. The number of esters is 1. The lowest BCUT2D eigenvalue weighted by Crippen LogP contribution is -2.24. The quantitative estimate of drug-likeness (QED) is 0.498. The normalized spacial score (nSPS) is 11.8. The number of aromatic amines is 1. The van der Waals surface area contributed by atoms with Crippen molar-refractivity contribution >= 4 is 40.1 Å². The van der Waals surface area contributed by atoms with Crippen molar-refractivity contribution in [2.75, 3.05) is 0 Å². The molecule has 0 amide bonds. The summed E-state index contributed by atoms with van der Waals surface area (Å²) in [5.74, 6) is -0.448.